The normalized spacial score (nSPS) is 11.8. The van der Waals surface area contributed by atoms with E-state index < -0.39 is 0 Å². The number of thiophene rings is 1. The molecular weight excluding hydrogens is 218 g/mol. The zero-order chi connectivity index (χ0) is 10.5. The van der Waals surface area contributed by atoms with Gasteiger partial charge in [-0.25, -0.2) is 0 Å². The van der Waals surface area contributed by atoms with Crippen LogP contribution in [0.15, 0.2) is 36.4 Å². The van der Waals surface area contributed by atoms with Crippen LogP contribution in [-0.4, -0.2) is 15.4 Å². The summed E-state index contributed by atoms with van der Waals surface area (Å²) in [7, 11) is 0. The summed E-state index contributed by atoms with van der Waals surface area (Å²) in [6, 6.07) is 12.6. The van der Waals surface area contributed by atoms with Gasteiger partial charge in [-0.15, -0.1) is 11.3 Å². The van der Waals surface area contributed by atoms with Crippen LogP contribution in [0.1, 0.15) is 0 Å². The van der Waals surface area contributed by atoms with Gasteiger partial charge in [0.25, 0.3) is 0 Å². The molecule has 4 aromatic rings. The number of fused-ring (bicyclic) bond motifs is 4. The molecule has 1 N–H and O–H groups in total. The van der Waals surface area contributed by atoms with Crippen molar-refractivity contribution in [3.63, 3.8) is 0 Å². The molecule has 76 valence electrons. The van der Waals surface area contributed by atoms with E-state index >= 15 is 0 Å². The van der Waals surface area contributed by atoms with Gasteiger partial charge in [0.2, 0.25) is 0 Å². The summed E-state index contributed by atoms with van der Waals surface area (Å²) in [5, 5.41) is 13.5. The predicted molar refractivity (Wildman–Crippen MR) is 66.8 cm³/mol. The first kappa shape index (κ1) is 8.24. The van der Waals surface area contributed by atoms with E-state index in [1.807, 2.05) is 0 Å². The van der Waals surface area contributed by atoms with Crippen LogP contribution in [0.4, 0.5) is 0 Å². The molecule has 4 rings (SSSR count). The number of hydrogen-bond donors (Lipinski definition) is 1. The summed E-state index contributed by atoms with van der Waals surface area (Å²) in [4.78, 5) is 0. The maximum Gasteiger partial charge on any atom is 0.114 e. The fourth-order valence-electron chi connectivity index (χ4n) is 2.06. The molecule has 0 aliphatic rings. The van der Waals surface area contributed by atoms with Crippen LogP contribution in [0.25, 0.3) is 31.2 Å². The topological polar surface area (TPSA) is 41.6 Å². The largest absolute Gasteiger partial charge is 0.197 e. The molecule has 0 radical (unpaired) electrons. The molecule has 16 heavy (non-hydrogen) atoms. The van der Waals surface area contributed by atoms with Crippen molar-refractivity contribution in [2.75, 3.05) is 0 Å². The molecule has 2 aromatic heterocycles. The standard InChI is InChI=1S/C12H7N3S/c1-2-4-11-7(3-1)8-5-9-10(14-15-13-9)6-12(8)16-11/h1-6H,(H,13,14,15). The number of hydrogen-bond acceptors (Lipinski definition) is 3. The molecule has 0 spiro atoms. The summed E-state index contributed by atoms with van der Waals surface area (Å²) < 4.78 is 2.58. The van der Waals surface area contributed by atoms with Crippen molar-refractivity contribution in [2.24, 2.45) is 0 Å². The van der Waals surface area contributed by atoms with Crippen molar-refractivity contribution < 1.29 is 0 Å². The van der Waals surface area contributed by atoms with Crippen molar-refractivity contribution in [1.82, 2.24) is 15.4 Å². The van der Waals surface area contributed by atoms with Gasteiger partial charge in [-0.05, 0) is 18.2 Å². The Hall–Kier alpha value is -1.94. The zero-order valence-corrected chi connectivity index (χ0v) is 9.08. The maximum absolute atomic E-state index is 4.12. The lowest BCUT2D eigenvalue weighted by atomic mass is 10.1. The summed E-state index contributed by atoms with van der Waals surface area (Å²) in [5.41, 5.74) is 1.86. The van der Waals surface area contributed by atoms with Gasteiger partial charge in [0.05, 0.1) is 0 Å². The van der Waals surface area contributed by atoms with E-state index in [4.69, 9.17) is 0 Å². The third-order valence-corrected chi connectivity index (χ3v) is 3.95. The molecule has 4 heteroatoms. The first-order valence-electron chi connectivity index (χ1n) is 5.03. The predicted octanol–water partition coefficient (Wildman–Crippen LogP) is 3.33. The fourth-order valence-corrected chi connectivity index (χ4v) is 3.18. The second-order valence-electron chi connectivity index (χ2n) is 3.76. The lowest BCUT2D eigenvalue weighted by Crippen LogP contribution is -1.69. The highest BCUT2D eigenvalue weighted by atomic mass is 32.1. The highest BCUT2D eigenvalue weighted by molar-refractivity contribution is 7.25. The van der Waals surface area contributed by atoms with Gasteiger partial charge in [0, 0.05) is 20.2 Å². The van der Waals surface area contributed by atoms with E-state index in [1.165, 1.54) is 20.2 Å². The molecular formula is C12H7N3S. The van der Waals surface area contributed by atoms with Crippen molar-refractivity contribution in [3.05, 3.63) is 36.4 Å². The Kier molecular flexibility index (Phi) is 1.44. The number of nitrogens with one attached hydrogen (secondary N) is 1. The summed E-state index contributed by atoms with van der Waals surface area (Å²) in [6.45, 7) is 0. The fraction of sp³-hybridized carbons (Fsp3) is 0. The van der Waals surface area contributed by atoms with Crippen LogP contribution in [-0.2, 0) is 0 Å². The number of nitrogens with zero attached hydrogens (tertiary/aromatic N) is 2. The minimum absolute atomic E-state index is 0.927. The minimum atomic E-state index is 0.927. The lowest BCUT2D eigenvalue weighted by Gasteiger charge is -1.90. The van der Waals surface area contributed by atoms with Gasteiger partial charge < -0.3 is 0 Å². The van der Waals surface area contributed by atoms with Gasteiger partial charge in [0.15, 0.2) is 0 Å². The molecule has 0 amide bonds. The van der Waals surface area contributed by atoms with Crippen LogP contribution in [0.2, 0.25) is 0 Å². The highest BCUT2D eigenvalue weighted by Crippen LogP contribution is 2.35. The third kappa shape index (κ3) is 0.967. The van der Waals surface area contributed by atoms with Crippen LogP contribution in [0.5, 0.6) is 0 Å². The Labute approximate surface area is 94.7 Å². The molecule has 0 atom stereocenters. The van der Waals surface area contributed by atoms with E-state index in [-0.39, 0.29) is 0 Å². The minimum Gasteiger partial charge on any atom is -0.197 e. The maximum atomic E-state index is 4.12. The van der Waals surface area contributed by atoms with Gasteiger partial charge in [0.1, 0.15) is 11.0 Å². The average molecular weight is 225 g/mol. The molecule has 0 aliphatic heterocycles. The van der Waals surface area contributed by atoms with Gasteiger partial charge in [-0.3, -0.25) is 0 Å². The quantitative estimate of drug-likeness (QED) is 0.498. The molecule has 0 aliphatic carbocycles. The second-order valence-corrected chi connectivity index (χ2v) is 4.84. The number of aromatic amines is 1. The van der Waals surface area contributed by atoms with Gasteiger partial charge in [-0.2, -0.15) is 15.4 Å². The van der Waals surface area contributed by atoms with Crippen molar-refractivity contribution in [3.8, 4) is 0 Å². The Bertz CT molecular complexity index is 813. The Balaban J connectivity index is 2.32. The Morgan fingerprint density at radius 3 is 2.62 bits per heavy atom. The lowest BCUT2D eigenvalue weighted by molar-refractivity contribution is 0.959. The monoisotopic (exact) mass is 225 g/mol. The van der Waals surface area contributed by atoms with Gasteiger partial charge >= 0.3 is 0 Å². The van der Waals surface area contributed by atoms with E-state index in [1.54, 1.807) is 11.3 Å². The van der Waals surface area contributed by atoms with Gasteiger partial charge in [-0.1, -0.05) is 18.2 Å². The smallest absolute Gasteiger partial charge is 0.114 e. The van der Waals surface area contributed by atoms with E-state index in [0.29, 0.717) is 0 Å². The van der Waals surface area contributed by atoms with Crippen LogP contribution in [0.3, 0.4) is 0 Å². The number of rotatable bonds is 0. The average Bonchev–Trinajstić information content (AvgIpc) is 2.88. The summed E-state index contributed by atoms with van der Waals surface area (Å²) in [5.74, 6) is 0. The first-order chi connectivity index (χ1) is 7.92. The second kappa shape index (κ2) is 2.80. The molecule has 2 aromatic carbocycles. The van der Waals surface area contributed by atoms with Crippen LogP contribution < -0.4 is 0 Å². The van der Waals surface area contributed by atoms with E-state index in [9.17, 15) is 0 Å². The molecule has 3 nitrogen and oxygen atoms in total. The van der Waals surface area contributed by atoms with Crippen molar-refractivity contribution >= 4 is 42.5 Å². The summed E-state index contributed by atoms with van der Waals surface area (Å²) in [6.07, 6.45) is 0. The third-order valence-electron chi connectivity index (χ3n) is 2.81. The number of benzene rings is 2. The van der Waals surface area contributed by atoms with E-state index in [0.717, 1.165) is 11.0 Å². The van der Waals surface area contributed by atoms with E-state index in [2.05, 4.69) is 51.8 Å². The van der Waals surface area contributed by atoms with Crippen molar-refractivity contribution in [1.29, 1.82) is 0 Å². The number of H-pyrrole nitrogens is 1. The molecule has 0 saturated heterocycles. The van der Waals surface area contributed by atoms with Crippen LogP contribution in [0, 0.1) is 0 Å². The molecule has 0 saturated carbocycles. The molecule has 0 unspecified atom stereocenters. The molecule has 2 heterocycles. The Morgan fingerprint density at radius 2 is 1.69 bits per heavy atom. The number of aromatic nitrogens is 3. The molecule has 0 bridgehead atoms. The van der Waals surface area contributed by atoms with Crippen LogP contribution >= 0.6 is 11.3 Å². The SMILES string of the molecule is c1ccc2c(c1)sc1cc3n[nH]nc3cc12. The van der Waals surface area contributed by atoms with Crippen molar-refractivity contribution in [2.45, 2.75) is 0 Å². The Morgan fingerprint density at radius 1 is 0.875 bits per heavy atom. The summed E-state index contributed by atoms with van der Waals surface area (Å²) >= 11 is 1.80. The highest BCUT2D eigenvalue weighted by Gasteiger charge is 2.07. The molecule has 0 fully saturated rings. The first-order valence-corrected chi connectivity index (χ1v) is 5.85. The zero-order valence-electron chi connectivity index (χ0n) is 8.27.